The number of H-pyrrole nitrogens is 1. The van der Waals surface area contributed by atoms with Gasteiger partial charge in [0.1, 0.15) is 11.5 Å². The van der Waals surface area contributed by atoms with Crippen LogP contribution in [-0.2, 0) is 23.0 Å². The molecule has 5 rings (SSSR count). The summed E-state index contributed by atoms with van der Waals surface area (Å²) in [7, 11) is 4.19. The minimum Gasteiger partial charge on any atom is -0.467 e. The molecule has 0 spiro atoms. The molecule has 216 valence electrons. The van der Waals surface area contributed by atoms with Crippen LogP contribution in [0.1, 0.15) is 57.7 Å². The fourth-order valence-corrected chi connectivity index (χ4v) is 6.57. The quantitative estimate of drug-likeness (QED) is 0.219. The van der Waals surface area contributed by atoms with Gasteiger partial charge in [0, 0.05) is 36.2 Å². The molecule has 2 aromatic carbocycles. The highest BCUT2D eigenvalue weighted by Crippen LogP contribution is 2.49. The van der Waals surface area contributed by atoms with Gasteiger partial charge in [0.15, 0.2) is 6.79 Å². The molecule has 2 aliphatic rings. The molecule has 1 aliphatic heterocycles. The fourth-order valence-electron chi connectivity index (χ4n) is 6.57. The molecule has 2 bridgehead atoms. The Morgan fingerprint density at radius 1 is 1.23 bits per heavy atom. The lowest BCUT2D eigenvalue weighted by atomic mass is 9.59. The van der Waals surface area contributed by atoms with E-state index in [-0.39, 0.29) is 12.2 Å². The zero-order valence-corrected chi connectivity index (χ0v) is 25.4. The summed E-state index contributed by atoms with van der Waals surface area (Å²) in [5.74, 6) is 2.29. The number of rotatable bonds is 11. The van der Waals surface area contributed by atoms with E-state index >= 15 is 0 Å². The van der Waals surface area contributed by atoms with E-state index in [1.807, 2.05) is 19.1 Å². The van der Waals surface area contributed by atoms with Crippen LogP contribution in [0.4, 0.5) is 0 Å². The maximum Gasteiger partial charge on any atom is 0.200 e. The van der Waals surface area contributed by atoms with Gasteiger partial charge in [0.2, 0.25) is 6.29 Å². The number of allylic oxidation sites excluding steroid dienone is 1. The van der Waals surface area contributed by atoms with Gasteiger partial charge < -0.3 is 24.1 Å². The number of aromatic nitrogens is 1. The van der Waals surface area contributed by atoms with Gasteiger partial charge in [0.25, 0.3) is 0 Å². The lowest BCUT2D eigenvalue weighted by Crippen LogP contribution is -2.57. The summed E-state index contributed by atoms with van der Waals surface area (Å²) in [5.41, 5.74) is 6.80. The molecular weight excluding hydrogens is 498 g/mol. The highest BCUT2D eigenvalue weighted by atomic mass is 16.7. The molecule has 1 aliphatic carbocycles. The first-order valence-electron chi connectivity index (χ1n) is 14.8. The zero-order valence-electron chi connectivity index (χ0n) is 25.4. The number of aromatic amines is 1. The summed E-state index contributed by atoms with van der Waals surface area (Å²) in [5, 5.41) is 1.13. The molecule has 6 heteroatoms. The number of likely N-dealkylation sites (tertiary alicyclic amines) is 1. The van der Waals surface area contributed by atoms with Crippen LogP contribution >= 0.6 is 0 Å². The van der Waals surface area contributed by atoms with Crippen molar-refractivity contribution in [3.05, 3.63) is 70.9 Å². The average Bonchev–Trinajstić information content (AvgIpc) is 3.33. The van der Waals surface area contributed by atoms with Crippen LogP contribution in [0.5, 0.6) is 11.5 Å². The number of ether oxygens (including phenoxy) is 3. The van der Waals surface area contributed by atoms with E-state index < -0.39 is 6.29 Å². The molecule has 1 N–H and O–H groups in total. The topological polar surface area (TPSA) is 50.0 Å². The number of nitrogens with zero attached hydrogens (tertiary/aromatic N) is 2. The molecule has 6 nitrogen and oxygen atoms in total. The Morgan fingerprint density at radius 3 is 2.83 bits per heavy atom. The number of hydrogen-bond acceptors (Lipinski definition) is 5. The summed E-state index contributed by atoms with van der Waals surface area (Å²) < 4.78 is 18.3. The molecule has 1 fully saturated rings. The second-order valence-corrected chi connectivity index (χ2v) is 12.5. The molecule has 0 saturated carbocycles. The zero-order chi connectivity index (χ0) is 28.4. The summed E-state index contributed by atoms with van der Waals surface area (Å²) in [6.07, 6.45) is 7.24. The van der Waals surface area contributed by atoms with Crippen molar-refractivity contribution in [2.75, 3.05) is 40.5 Å². The first-order valence-corrected chi connectivity index (χ1v) is 14.8. The highest BCUT2D eigenvalue weighted by molar-refractivity contribution is 5.89. The normalized spacial score (nSPS) is 23.2. The van der Waals surface area contributed by atoms with Gasteiger partial charge in [-0.3, -0.25) is 4.90 Å². The Morgan fingerprint density at radius 2 is 2.05 bits per heavy atom. The monoisotopic (exact) mass is 545 g/mol. The highest BCUT2D eigenvalue weighted by Gasteiger charge is 2.48. The van der Waals surface area contributed by atoms with Crippen LogP contribution in [0.2, 0.25) is 0 Å². The maximum absolute atomic E-state index is 6.25. The van der Waals surface area contributed by atoms with E-state index in [1.165, 1.54) is 28.7 Å². The number of fused-ring (bicyclic) bond motifs is 5. The smallest absolute Gasteiger partial charge is 0.200 e. The van der Waals surface area contributed by atoms with Crippen molar-refractivity contribution in [1.82, 2.24) is 14.8 Å². The molecule has 3 aromatic rings. The molecule has 0 radical (unpaired) electrons. The van der Waals surface area contributed by atoms with Crippen molar-refractivity contribution in [2.24, 2.45) is 5.92 Å². The predicted octanol–water partition coefficient (Wildman–Crippen LogP) is 6.54. The molecular formula is C34H47N3O3. The van der Waals surface area contributed by atoms with E-state index in [0.29, 0.717) is 12.0 Å². The minimum absolute atomic E-state index is 0.141. The molecule has 1 aromatic heterocycles. The van der Waals surface area contributed by atoms with Crippen LogP contribution < -0.4 is 9.47 Å². The first-order chi connectivity index (χ1) is 19.2. The lowest BCUT2D eigenvalue weighted by Gasteiger charge is -2.54. The standard InChI is InChI=1S/C34H47N3O3/c1-23(2)13-17-37-18-15-34(5)24(3)31(37)19-26-11-12-28(20-29(26)34)39-22-38-25(4)40-32-10-8-9-30-33(32)27(21-35-30)14-16-36(6)7/h8-13,20-21,24-25,31,35H,14-19,22H2,1-7H3/t24-,25?,31+,34+/m0/s1. The Hall–Kier alpha value is -2.80. The minimum atomic E-state index is -0.441. The number of piperidine rings is 1. The second kappa shape index (κ2) is 12.0. The maximum atomic E-state index is 6.25. The number of nitrogens with one attached hydrogen (secondary N) is 1. The Balaban J connectivity index is 1.21. The Kier molecular flexibility index (Phi) is 8.60. The van der Waals surface area contributed by atoms with Crippen molar-refractivity contribution >= 4 is 10.9 Å². The van der Waals surface area contributed by atoms with Crippen molar-refractivity contribution in [3.8, 4) is 11.5 Å². The van der Waals surface area contributed by atoms with E-state index in [0.717, 1.165) is 54.9 Å². The Labute approximate surface area is 240 Å². The predicted molar refractivity (Wildman–Crippen MR) is 163 cm³/mol. The molecule has 2 heterocycles. The van der Waals surface area contributed by atoms with Gasteiger partial charge in [-0.25, -0.2) is 0 Å². The molecule has 1 unspecified atom stereocenters. The van der Waals surface area contributed by atoms with Gasteiger partial charge >= 0.3 is 0 Å². The SMILES string of the molecule is CC(C)=CCN1CC[C@@]2(C)c3cc(OCOC(C)Oc4cccc5[nH]cc(CCN(C)C)c45)ccc3C[C@@H]1[C@@H]2C. The van der Waals surface area contributed by atoms with Crippen LogP contribution in [0, 0.1) is 5.92 Å². The number of likely N-dealkylation sites (N-methyl/N-ethyl adjacent to an activating group) is 1. The van der Waals surface area contributed by atoms with Gasteiger partial charge in [-0.15, -0.1) is 0 Å². The number of benzene rings is 2. The van der Waals surface area contributed by atoms with Crippen molar-refractivity contribution in [1.29, 1.82) is 0 Å². The summed E-state index contributed by atoms with van der Waals surface area (Å²) in [6, 6.07) is 13.3. The van der Waals surface area contributed by atoms with Gasteiger partial charge in [-0.05, 0) is 113 Å². The van der Waals surface area contributed by atoms with Crippen LogP contribution in [0.15, 0.2) is 54.2 Å². The van der Waals surface area contributed by atoms with Crippen molar-refractivity contribution in [2.45, 2.75) is 71.6 Å². The summed E-state index contributed by atoms with van der Waals surface area (Å²) in [4.78, 5) is 8.26. The van der Waals surface area contributed by atoms with Crippen LogP contribution in [0.25, 0.3) is 10.9 Å². The largest absolute Gasteiger partial charge is 0.467 e. The van der Waals surface area contributed by atoms with E-state index in [9.17, 15) is 0 Å². The van der Waals surface area contributed by atoms with Crippen LogP contribution in [-0.4, -0.2) is 67.6 Å². The van der Waals surface area contributed by atoms with Crippen LogP contribution in [0.3, 0.4) is 0 Å². The number of hydrogen-bond donors (Lipinski definition) is 1. The van der Waals surface area contributed by atoms with E-state index in [4.69, 9.17) is 14.2 Å². The third kappa shape index (κ3) is 5.95. The van der Waals surface area contributed by atoms with E-state index in [2.05, 4.69) is 93.1 Å². The van der Waals surface area contributed by atoms with E-state index in [1.54, 1.807) is 0 Å². The second-order valence-electron chi connectivity index (χ2n) is 12.5. The van der Waals surface area contributed by atoms with Gasteiger partial charge in [-0.1, -0.05) is 37.6 Å². The van der Waals surface area contributed by atoms with Crippen molar-refractivity contribution in [3.63, 3.8) is 0 Å². The third-order valence-corrected chi connectivity index (χ3v) is 9.23. The van der Waals surface area contributed by atoms with Gasteiger partial charge in [-0.2, -0.15) is 0 Å². The van der Waals surface area contributed by atoms with Gasteiger partial charge in [0.05, 0.1) is 0 Å². The molecule has 0 amide bonds. The first kappa shape index (κ1) is 28.7. The summed E-state index contributed by atoms with van der Waals surface area (Å²) >= 11 is 0. The lowest BCUT2D eigenvalue weighted by molar-refractivity contribution is -0.116. The summed E-state index contributed by atoms with van der Waals surface area (Å²) in [6.45, 7) is 14.5. The third-order valence-electron chi connectivity index (χ3n) is 9.23. The molecule has 1 saturated heterocycles. The average molecular weight is 546 g/mol. The molecule has 4 atom stereocenters. The molecule has 40 heavy (non-hydrogen) atoms. The fraction of sp³-hybridized carbons (Fsp3) is 0.529. The Bertz CT molecular complexity index is 1340. The van der Waals surface area contributed by atoms with Crippen molar-refractivity contribution < 1.29 is 14.2 Å².